The third-order valence-corrected chi connectivity index (χ3v) is 5.80. The van der Waals surface area contributed by atoms with Crippen LogP contribution >= 0.6 is 10.7 Å². The molecule has 1 amide bonds. The summed E-state index contributed by atoms with van der Waals surface area (Å²) in [5.41, 5.74) is -0.692. The van der Waals surface area contributed by atoms with Crippen molar-refractivity contribution in [1.82, 2.24) is 4.31 Å². The number of hydrogen-bond donors (Lipinski definition) is 0. The second-order valence-electron chi connectivity index (χ2n) is 4.90. The molecule has 0 aromatic rings. The normalized spacial score (nSPS) is 48.5. The van der Waals surface area contributed by atoms with Crippen LogP contribution in [0, 0.1) is 16.7 Å². The maximum Gasteiger partial charge on any atom is 0.324 e. The van der Waals surface area contributed by atoms with E-state index in [4.69, 9.17) is 10.7 Å². The molecule has 4 nitrogen and oxygen atoms in total. The SMILES string of the molecule is O=C1[C@@H]2[C@@]34C=CC=C[C@@]23[C@@H](C=C4)N1S(=O)(=O)Cl. The highest BCUT2D eigenvalue weighted by molar-refractivity contribution is 8.12. The summed E-state index contributed by atoms with van der Waals surface area (Å²) in [5, 5.41) is 0. The summed E-state index contributed by atoms with van der Waals surface area (Å²) in [4.78, 5) is 12.2. The maximum absolute atomic E-state index is 12.2. The summed E-state index contributed by atoms with van der Waals surface area (Å²) in [6.45, 7) is 0. The highest BCUT2D eigenvalue weighted by atomic mass is 35.7. The molecule has 0 bridgehead atoms. The predicted octanol–water partition coefficient (Wildman–Crippen LogP) is 0.979. The molecule has 1 aliphatic heterocycles. The maximum atomic E-state index is 12.2. The van der Waals surface area contributed by atoms with Gasteiger partial charge in [-0.15, -0.1) is 0 Å². The number of amides is 1. The van der Waals surface area contributed by atoms with Crippen molar-refractivity contribution in [1.29, 1.82) is 0 Å². The topological polar surface area (TPSA) is 54.5 Å². The van der Waals surface area contributed by atoms with E-state index in [2.05, 4.69) is 0 Å². The number of allylic oxidation sites excluding steroid dienone is 4. The lowest BCUT2D eigenvalue weighted by atomic mass is 9.89. The molecule has 0 aromatic carbocycles. The van der Waals surface area contributed by atoms with Gasteiger partial charge in [0, 0.05) is 21.5 Å². The van der Waals surface area contributed by atoms with Crippen molar-refractivity contribution < 1.29 is 13.2 Å². The van der Waals surface area contributed by atoms with E-state index in [1.807, 2.05) is 30.4 Å². The Kier molecular flexibility index (Phi) is 1.38. The van der Waals surface area contributed by atoms with Crippen LogP contribution in [0.3, 0.4) is 0 Å². The van der Waals surface area contributed by atoms with Crippen molar-refractivity contribution in [2.24, 2.45) is 16.7 Å². The lowest BCUT2D eigenvalue weighted by Gasteiger charge is -2.27. The molecule has 0 radical (unpaired) electrons. The average molecular weight is 270 g/mol. The first kappa shape index (κ1) is 9.91. The summed E-state index contributed by atoms with van der Waals surface area (Å²) in [7, 11) is 1.34. The molecule has 3 aliphatic carbocycles. The first-order valence-electron chi connectivity index (χ1n) is 5.29. The van der Waals surface area contributed by atoms with Crippen LogP contribution in [0.4, 0.5) is 0 Å². The molecule has 88 valence electrons. The van der Waals surface area contributed by atoms with Crippen LogP contribution in [0.2, 0.25) is 0 Å². The minimum atomic E-state index is -4.00. The third kappa shape index (κ3) is 0.770. The van der Waals surface area contributed by atoms with Crippen molar-refractivity contribution in [3.63, 3.8) is 0 Å². The fraction of sp³-hybridized carbons (Fsp3) is 0.364. The van der Waals surface area contributed by atoms with Gasteiger partial charge in [0.05, 0.1) is 12.0 Å². The first-order valence-corrected chi connectivity index (χ1v) is 7.56. The Bertz CT molecular complexity index is 650. The van der Waals surface area contributed by atoms with Crippen LogP contribution < -0.4 is 0 Å². The van der Waals surface area contributed by atoms with Gasteiger partial charge in [-0.2, -0.15) is 8.42 Å². The highest BCUT2D eigenvalue weighted by Gasteiger charge is 2.87. The Hall–Kier alpha value is -1.07. The molecule has 1 heterocycles. The zero-order valence-electron chi connectivity index (χ0n) is 8.58. The summed E-state index contributed by atoms with van der Waals surface area (Å²) >= 11 is 0. The Morgan fingerprint density at radius 1 is 1.24 bits per heavy atom. The molecular formula is C11H8ClNO3S. The fourth-order valence-corrected chi connectivity index (χ4v) is 5.20. The molecule has 0 unspecified atom stereocenters. The number of carbonyl (C=O) groups is 1. The van der Waals surface area contributed by atoms with E-state index in [-0.39, 0.29) is 17.2 Å². The van der Waals surface area contributed by atoms with Gasteiger partial charge in [-0.1, -0.05) is 36.5 Å². The van der Waals surface area contributed by atoms with Crippen LogP contribution in [0.5, 0.6) is 0 Å². The molecule has 1 spiro atoms. The summed E-state index contributed by atoms with van der Waals surface area (Å²) in [6, 6.07) is -0.455. The van der Waals surface area contributed by atoms with Crippen molar-refractivity contribution in [3.05, 3.63) is 36.5 Å². The van der Waals surface area contributed by atoms with E-state index in [0.29, 0.717) is 0 Å². The van der Waals surface area contributed by atoms with Gasteiger partial charge in [0.1, 0.15) is 0 Å². The Morgan fingerprint density at radius 3 is 2.65 bits per heavy atom. The molecule has 4 rings (SSSR count). The van der Waals surface area contributed by atoms with Crippen molar-refractivity contribution in [2.75, 3.05) is 0 Å². The Labute approximate surface area is 103 Å². The molecule has 4 aliphatic rings. The minimum Gasteiger partial charge on any atom is -0.273 e. The zero-order chi connectivity index (χ0) is 12.1. The number of carbonyl (C=O) groups excluding carboxylic acids is 1. The van der Waals surface area contributed by atoms with Crippen LogP contribution in [0.15, 0.2) is 36.5 Å². The molecule has 0 aromatic heterocycles. The van der Waals surface area contributed by atoms with Gasteiger partial charge in [-0.05, 0) is 0 Å². The van der Waals surface area contributed by atoms with Gasteiger partial charge < -0.3 is 0 Å². The molecular weight excluding hydrogens is 262 g/mol. The van der Waals surface area contributed by atoms with E-state index in [1.165, 1.54) is 0 Å². The molecule has 17 heavy (non-hydrogen) atoms. The fourth-order valence-electron chi connectivity index (χ4n) is 3.90. The summed E-state index contributed by atoms with van der Waals surface area (Å²) < 4.78 is 23.7. The van der Waals surface area contributed by atoms with Crippen LogP contribution in [0.1, 0.15) is 0 Å². The van der Waals surface area contributed by atoms with Crippen LogP contribution in [0.25, 0.3) is 0 Å². The monoisotopic (exact) mass is 269 g/mol. The summed E-state index contributed by atoms with van der Waals surface area (Å²) in [5.74, 6) is -0.681. The second-order valence-corrected chi connectivity index (χ2v) is 7.28. The second kappa shape index (κ2) is 2.37. The quantitative estimate of drug-likeness (QED) is 0.527. The van der Waals surface area contributed by atoms with Crippen molar-refractivity contribution in [3.8, 4) is 0 Å². The van der Waals surface area contributed by atoms with Crippen LogP contribution in [-0.2, 0) is 14.0 Å². The van der Waals surface area contributed by atoms with Gasteiger partial charge in [0.15, 0.2) is 0 Å². The Morgan fingerprint density at radius 2 is 1.94 bits per heavy atom. The summed E-state index contributed by atoms with van der Waals surface area (Å²) in [6.07, 6.45) is 11.4. The number of piperidine rings is 1. The number of hydrogen-bond acceptors (Lipinski definition) is 3. The lowest BCUT2D eigenvalue weighted by Crippen LogP contribution is -2.41. The zero-order valence-corrected chi connectivity index (χ0v) is 10.1. The van der Waals surface area contributed by atoms with Gasteiger partial charge >= 0.3 is 9.24 Å². The highest BCUT2D eigenvalue weighted by Crippen LogP contribution is 2.82. The molecule has 2 fully saturated rings. The van der Waals surface area contributed by atoms with E-state index < -0.39 is 20.7 Å². The van der Waals surface area contributed by atoms with Gasteiger partial charge in [0.2, 0.25) is 5.91 Å². The van der Waals surface area contributed by atoms with E-state index in [9.17, 15) is 13.2 Å². The molecule has 0 N–H and O–H groups in total. The predicted molar refractivity (Wildman–Crippen MR) is 61.2 cm³/mol. The molecule has 4 atom stereocenters. The molecule has 1 saturated carbocycles. The standard InChI is InChI=1S/C11H8ClNO3S/c12-17(15,16)13-7-3-6-10-4-1-2-5-11(7,10)8(10)9(13)14/h1-8H/t7-,8-,10+,11-/m1/s1. The van der Waals surface area contributed by atoms with Gasteiger partial charge in [0.25, 0.3) is 0 Å². The largest absolute Gasteiger partial charge is 0.324 e. The molecule has 6 heteroatoms. The van der Waals surface area contributed by atoms with Crippen LogP contribution in [-0.4, -0.2) is 24.7 Å². The number of nitrogens with zero attached hydrogens (tertiary/aromatic N) is 1. The minimum absolute atomic E-state index is 0.290. The lowest BCUT2D eigenvalue weighted by molar-refractivity contribution is -0.126. The number of rotatable bonds is 1. The van der Waals surface area contributed by atoms with E-state index in [0.717, 1.165) is 4.31 Å². The van der Waals surface area contributed by atoms with E-state index in [1.54, 1.807) is 6.08 Å². The third-order valence-electron chi connectivity index (χ3n) is 4.47. The van der Waals surface area contributed by atoms with Gasteiger partial charge in [-0.3, -0.25) is 4.79 Å². The first-order chi connectivity index (χ1) is 7.95. The molecule has 1 saturated heterocycles. The number of halogens is 1. The van der Waals surface area contributed by atoms with E-state index >= 15 is 0 Å². The smallest absolute Gasteiger partial charge is 0.273 e. The van der Waals surface area contributed by atoms with Crippen molar-refractivity contribution in [2.45, 2.75) is 6.04 Å². The van der Waals surface area contributed by atoms with Gasteiger partial charge in [-0.25, -0.2) is 4.31 Å². The van der Waals surface area contributed by atoms with Crippen molar-refractivity contribution >= 4 is 25.8 Å². The average Bonchev–Trinajstić information content (AvgIpc) is 2.64. The Balaban J connectivity index is 1.95.